The van der Waals surface area contributed by atoms with Crippen LogP contribution < -0.4 is 14.9 Å². The van der Waals surface area contributed by atoms with E-state index < -0.39 is 6.10 Å². The van der Waals surface area contributed by atoms with Crippen molar-refractivity contribution in [2.45, 2.75) is 19.6 Å². The lowest BCUT2D eigenvalue weighted by Crippen LogP contribution is -2.33. The van der Waals surface area contributed by atoms with Gasteiger partial charge < -0.3 is 9.47 Å². The highest BCUT2D eigenvalue weighted by atomic mass is 35.5. The van der Waals surface area contributed by atoms with Crippen LogP contribution in [0.25, 0.3) is 10.8 Å². The first kappa shape index (κ1) is 22.4. The van der Waals surface area contributed by atoms with Gasteiger partial charge in [-0.05, 0) is 77.4 Å². The fourth-order valence-electron chi connectivity index (χ4n) is 3.16. The summed E-state index contributed by atoms with van der Waals surface area (Å²) in [5.41, 5.74) is 4.38. The summed E-state index contributed by atoms with van der Waals surface area (Å²) in [6.45, 7) is 2.14. The van der Waals surface area contributed by atoms with Gasteiger partial charge in [-0.15, -0.1) is 0 Å². The van der Waals surface area contributed by atoms with Crippen LogP contribution in [-0.2, 0) is 11.4 Å². The minimum Gasteiger partial charge on any atom is -0.489 e. The number of amides is 1. The smallest absolute Gasteiger partial charge is 0.280 e. The van der Waals surface area contributed by atoms with Gasteiger partial charge in [0, 0.05) is 5.02 Å². The van der Waals surface area contributed by atoms with Crippen molar-refractivity contribution >= 4 is 34.5 Å². The standard InChI is InChI=1S/C27H23ClN2O3/c1-19(33-26-15-10-22-4-2-3-5-23(22)16-26)27(31)30-29-17-20-8-13-25(14-9-20)32-18-21-6-11-24(28)12-7-21/h2-17,19H,18H2,1H3,(H,30,31)/b29-17-/t19-/m1/s1. The molecule has 6 heteroatoms. The molecule has 0 saturated carbocycles. The lowest BCUT2D eigenvalue weighted by Gasteiger charge is -2.13. The van der Waals surface area contributed by atoms with Crippen molar-refractivity contribution in [2.24, 2.45) is 5.10 Å². The molecule has 0 aromatic heterocycles. The van der Waals surface area contributed by atoms with E-state index in [9.17, 15) is 4.79 Å². The molecule has 5 nitrogen and oxygen atoms in total. The Bertz CT molecular complexity index is 1250. The summed E-state index contributed by atoms with van der Waals surface area (Å²) in [4.78, 5) is 12.3. The molecule has 0 spiro atoms. The number of hydrogen-bond acceptors (Lipinski definition) is 4. The molecular weight excluding hydrogens is 436 g/mol. The monoisotopic (exact) mass is 458 g/mol. The van der Waals surface area contributed by atoms with Crippen LogP contribution in [0.3, 0.4) is 0 Å². The Kier molecular flexibility index (Phi) is 7.22. The maximum atomic E-state index is 12.3. The maximum absolute atomic E-state index is 12.3. The fourth-order valence-corrected chi connectivity index (χ4v) is 3.28. The van der Waals surface area contributed by atoms with Crippen LogP contribution in [0, 0.1) is 0 Å². The lowest BCUT2D eigenvalue weighted by molar-refractivity contribution is -0.127. The summed E-state index contributed by atoms with van der Waals surface area (Å²) >= 11 is 5.89. The summed E-state index contributed by atoms with van der Waals surface area (Å²) in [6, 6.07) is 28.7. The van der Waals surface area contributed by atoms with Crippen LogP contribution >= 0.6 is 11.6 Å². The Labute approximate surface area is 197 Å². The lowest BCUT2D eigenvalue weighted by atomic mass is 10.1. The SMILES string of the molecule is C[C@@H](Oc1ccc2ccccc2c1)C(=O)N/N=C\c1ccc(OCc2ccc(Cl)cc2)cc1. The molecule has 33 heavy (non-hydrogen) atoms. The summed E-state index contributed by atoms with van der Waals surface area (Å²) in [6.07, 6.45) is 0.885. The van der Waals surface area contributed by atoms with Gasteiger partial charge in [-0.2, -0.15) is 5.10 Å². The summed E-state index contributed by atoms with van der Waals surface area (Å²) < 4.78 is 11.5. The number of fused-ring (bicyclic) bond motifs is 1. The fraction of sp³-hybridized carbons (Fsp3) is 0.111. The Morgan fingerprint density at radius 1 is 0.939 bits per heavy atom. The number of hydrazone groups is 1. The third-order valence-corrected chi connectivity index (χ3v) is 5.24. The molecule has 0 saturated heterocycles. The number of benzene rings is 4. The normalized spacial score (nSPS) is 11.9. The average molecular weight is 459 g/mol. The highest BCUT2D eigenvalue weighted by molar-refractivity contribution is 6.30. The average Bonchev–Trinajstić information content (AvgIpc) is 2.84. The quantitative estimate of drug-likeness (QED) is 0.260. The van der Waals surface area contributed by atoms with Gasteiger partial charge in [0.2, 0.25) is 0 Å². The molecule has 4 rings (SSSR count). The van der Waals surface area contributed by atoms with Crippen molar-refractivity contribution in [3.63, 3.8) is 0 Å². The molecule has 4 aromatic carbocycles. The van der Waals surface area contributed by atoms with E-state index in [4.69, 9.17) is 21.1 Å². The van der Waals surface area contributed by atoms with E-state index in [2.05, 4.69) is 10.5 Å². The predicted molar refractivity (Wildman–Crippen MR) is 132 cm³/mol. The molecule has 166 valence electrons. The number of hydrogen-bond donors (Lipinski definition) is 1. The zero-order chi connectivity index (χ0) is 23.0. The zero-order valence-electron chi connectivity index (χ0n) is 18.1. The van der Waals surface area contributed by atoms with Crippen LogP contribution in [-0.4, -0.2) is 18.2 Å². The maximum Gasteiger partial charge on any atom is 0.280 e. The van der Waals surface area contributed by atoms with E-state index in [1.807, 2.05) is 91.0 Å². The highest BCUT2D eigenvalue weighted by Gasteiger charge is 2.14. The van der Waals surface area contributed by atoms with Crippen molar-refractivity contribution in [3.8, 4) is 11.5 Å². The molecule has 4 aromatic rings. The predicted octanol–water partition coefficient (Wildman–Crippen LogP) is 5.99. The van der Waals surface area contributed by atoms with E-state index in [0.29, 0.717) is 17.4 Å². The van der Waals surface area contributed by atoms with Gasteiger partial charge in [-0.25, -0.2) is 5.43 Å². The van der Waals surface area contributed by atoms with Crippen LogP contribution in [0.15, 0.2) is 96.1 Å². The van der Waals surface area contributed by atoms with Crippen LogP contribution in [0.5, 0.6) is 11.5 Å². The second-order valence-corrected chi connectivity index (χ2v) is 7.92. The van der Waals surface area contributed by atoms with E-state index in [1.54, 1.807) is 13.1 Å². The molecule has 0 radical (unpaired) electrons. The Hall–Kier alpha value is -3.83. The minimum atomic E-state index is -0.688. The molecular formula is C27H23ClN2O3. The molecule has 0 bridgehead atoms. The summed E-state index contributed by atoms with van der Waals surface area (Å²) in [5.74, 6) is 1.04. The Balaban J connectivity index is 1.26. The summed E-state index contributed by atoms with van der Waals surface area (Å²) in [7, 11) is 0. The van der Waals surface area contributed by atoms with Crippen molar-refractivity contribution in [3.05, 3.63) is 107 Å². The number of carbonyl (C=O) groups excluding carboxylic acids is 1. The van der Waals surface area contributed by atoms with Crippen molar-refractivity contribution in [1.29, 1.82) is 0 Å². The number of nitrogens with zero attached hydrogens (tertiary/aromatic N) is 1. The topological polar surface area (TPSA) is 59.9 Å². The van der Waals surface area contributed by atoms with Gasteiger partial charge >= 0.3 is 0 Å². The largest absolute Gasteiger partial charge is 0.489 e. The first-order valence-electron chi connectivity index (χ1n) is 10.5. The first-order valence-corrected chi connectivity index (χ1v) is 10.9. The van der Waals surface area contributed by atoms with Crippen LogP contribution in [0.4, 0.5) is 0 Å². The second-order valence-electron chi connectivity index (χ2n) is 7.49. The highest BCUT2D eigenvalue weighted by Crippen LogP contribution is 2.21. The molecule has 0 aliphatic rings. The van der Waals surface area contributed by atoms with Crippen molar-refractivity contribution < 1.29 is 14.3 Å². The van der Waals surface area contributed by atoms with Crippen LogP contribution in [0.2, 0.25) is 5.02 Å². The molecule has 0 aliphatic carbocycles. The zero-order valence-corrected chi connectivity index (χ0v) is 18.8. The number of nitrogens with one attached hydrogen (secondary N) is 1. The van der Waals surface area contributed by atoms with Gasteiger partial charge in [0.25, 0.3) is 5.91 Å². The Morgan fingerprint density at radius 2 is 1.64 bits per heavy atom. The molecule has 0 aliphatic heterocycles. The second kappa shape index (κ2) is 10.7. The summed E-state index contributed by atoms with van der Waals surface area (Å²) in [5, 5.41) is 6.90. The van der Waals surface area contributed by atoms with Crippen LogP contribution in [0.1, 0.15) is 18.1 Å². The molecule has 0 fully saturated rings. The first-order chi connectivity index (χ1) is 16.1. The van der Waals surface area contributed by atoms with Crippen molar-refractivity contribution in [1.82, 2.24) is 5.43 Å². The molecule has 0 unspecified atom stereocenters. The molecule has 1 atom stereocenters. The number of rotatable bonds is 8. The van der Waals surface area contributed by atoms with Gasteiger partial charge in [0.15, 0.2) is 6.10 Å². The number of halogens is 1. The third kappa shape index (κ3) is 6.34. The van der Waals surface area contributed by atoms with E-state index >= 15 is 0 Å². The third-order valence-electron chi connectivity index (χ3n) is 4.99. The molecule has 1 N–H and O–H groups in total. The number of ether oxygens (including phenoxy) is 2. The van der Waals surface area contributed by atoms with E-state index in [-0.39, 0.29) is 5.91 Å². The number of carbonyl (C=O) groups is 1. The molecule has 0 heterocycles. The Morgan fingerprint density at radius 3 is 2.39 bits per heavy atom. The van der Waals surface area contributed by atoms with Gasteiger partial charge in [-0.3, -0.25) is 4.79 Å². The van der Waals surface area contributed by atoms with E-state index in [0.717, 1.165) is 27.6 Å². The molecule has 1 amide bonds. The van der Waals surface area contributed by atoms with E-state index in [1.165, 1.54) is 0 Å². The van der Waals surface area contributed by atoms with Crippen molar-refractivity contribution in [2.75, 3.05) is 0 Å². The van der Waals surface area contributed by atoms with Gasteiger partial charge in [0.1, 0.15) is 18.1 Å². The minimum absolute atomic E-state index is 0.331. The van der Waals surface area contributed by atoms with Gasteiger partial charge in [0.05, 0.1) is 6.21 Å². The van der Waals surface area contributed by atoms with Gasteiger partial charge in [-0.1, -0.05) is 54.1 Å².